The normalized spacial score (nSPS) is 18.1. The van der Waals surface area contributed by atoms with Crippen LogP contribution in [-0.4, -0.2) is 46.4 Å². The Morgan fingerprint density at radius 2 is 2.10 bits per heavy atom. The minimum atomic E-state index is -5.08. The van der Waals surface area contributed by atoms with Crippen LogP contribution in [0.1, 0.15) is 6.42 Å². The largest absolute Gasteiger partial charge is 0.490 e. The molecular formula is C10H12ClF3N4O2. The number of aliphatic carboxylic acids is 1. The van der Waals surface area contributed by atoms with Crippen molar-refractivity contribution in [1.29, 1.82) is 0 Å². The number of carboxylic acid groups (broad SMARTS) is 1. The van der Waals surface area contributed by atoms with Crippen molar-refractivity contribution >= 4 is 23.4 Å². The predicted molar refractivity (Wildman–Crippen MR) is 65.6 cm³/mol. The van der Waals surface area contributed by atoms with Crippen LogP contribution < -0.4 is 10.6 Å². The first-order chi connectivity index (χ1) is 9.29. The first kappa shape index (κ1) is 16.4. The number of rotatable bonds is 2. The van der Waals surface area contributed by atoms with Crippen molar-refractivity contribution < 1.29 is 23.1 Å². The van der Waals surface area contributed by atoms with Gasteiger partial charge in [0.1, 0.15) is 11.0 Å². The molecule has 3 N–H and O–H groups in total. The minimum absolute atomic E-state index is 0.426. The molecule has 0 spiro atoms. The number of halogens is 4. The molecule has 6 nitrogen and oxygen atoms in total. The fourth-order valence-electron chi connectivity index (χ4n) is 1.37. The maximum atomic E-state index is 10.6. The molecule has 1 unspecified atom stereocenters. The van der Waals surface area contributed by atoms with E-state index in [1.165, 1.54) is 0 Å². The number of hydrogen-bond donors (Lipinski definition) is 3. The molecule has 1 fully saturated rings. The molecule has 0 saturated carbocycles. The van der Waals surface area contributed by atoms with Crippen molar-refractivity contribution in [1.82, 2.24) is 15.3 Å². The summed E-state index contributed by atoms with van der Waals surface area (Å²) in [6, 6.07) is 0.468. The molecule has 0 aliphatic carbocycles. The van der Waals surface area contributed by atoms with E-state index in [1.54, 1.807) is 12.4 Å². The van der Waals surface area contributed by atoms with Crippen molar-refractivity contribution in [3.63, 3.8) is 0 Å². The van der Waals surface area contributed by atoms with Crippen LogP contribution >= 0.6 is 11.6 Å². The van der Waals surface area contributed by atoms with Crippen LogP contribution in [0.4, 0.5) is 19.0 Å². The monoisotopic (exact) mass is 312 g/mol. The van der Waals surface area contributed by atoms with E-state index in [4.69, 9.17) is 21.5 Å². The molecule has 1 aliphatic heterocycles. The highest BCUT2D eigenvalue weighted by molar-refractivity contribution is 6.29. The molecule has 112 valence electrons. The second-order valence-electron chi connectivity index (χ2n) is 3.86. The number of alkyl halides is 3. The Bertz CT molecular complexity index is 435. The van der Waals surface area contributed by atoms with Crippen LogP contribution in [0.25, 0.3) is 0 Å². The summed E-state index contributed by atoms with van der Waals surface area (Å²) in [6.07, 6.45) is -0.753. The zero-order valence-corrected chi connectivity index (χ0v) is 10.9. The van der Waals surface area contributed by atoms with Gasteiger partial charge in [0.25, 0.3) is 0 Å². The zero-order valence-electron chi connectivity index (χ0n) is 10.1. The molecule has 1 aliphatic rings. The van der Waals surface area contributed by atoms with Crippen LogP contribution in [0, 0.1) is 0 Å². The van der Waals surface area contributed by atoms with Crippen molar-refractivity contribution in [3.05, 3.63) is 17.5 Å². The Kier molecular flexibility index (Phi) is 5.96. The minimum Gasteiger partial charge on any atom is -0.475 e. The molecule has 0 radical (unpaired) electrons. The van der Waals surface area contributed by atoms with Crippen molar-refractivity contribution in [2.24, 2.45) is 0 Å². The van der Waals surface area contributed by atoms with Gasteiger partial charge < -0.3 is 15.7 Å². The Morgan fingerprint density at radius 3 is 2.50 bits per heavy atom. The van der Waals surface area contributed by atoms with Gasteiger partial charge in [0, 0.05) is 12.6 Å². The summed E-state index contributed by atoms with van der Waals surface area (Å²) < 4.78 is 31.7. The molecule has 1 atom stereocenters. The van der Waals surface area contributed by atoms with Crippen LogP contribution in [0.2, 0.25) is 5.15 Å². The Labute approximate surface area is 117 Å². The van der Waals surface area contributed by atoms with Crippen molar-refractivity contribution in [2.75, 3.05) is 18.4 Å². The summed E-state index contributed by atoms with van der Waals surface area (Å²) in [5.74, 6) is -1.97. The average Bonchev–Trinajstić information content (AvgIpc) is 2.84. The highest BCUT2D eigenvalue weighted by atomic mass is 35.5. The molecule has 0 bridgehead atoms. The third kappa shape index (κ3) is 6.02. The van der Waals surface area contributed by atoms with E-state index in [9.17, 15) is 13.2 Å². The van der Waals surface area contributed by atoms with Gasteiger partial charge in [-0.2, -0.15) is 13.2 Å². The lowest BCUT2D eigenvalue weighted by Crippen LogP contribution is -2.22. The van der Waals surface area contributed by atoms with Crippen LogP contribution in [0.3, 0.4) is 0 Å². The summed E-state index contributed by atoms with van der Waals surface area (Å²) >= 11 is 5.61. The molecule has 2 rings (SSSR count). The molecule has 20 heavy (non-hydrogen) atoms. The highest BCUT2D eigenvalue weighted by Crippen LogP contribution is 2.13. The van der Waals surface area contributed by atoms with Gasteiger partial charge in [-0.1, -0.05) is 11.6 Å². The third-order valence-corrected chi connectivity index (χ3v) is 2.47. The standard InChI is InChI=1S/C8H11ClN4.C2HF3O2/c9-7-4-12-8(5-11-7)13-6-1-2-10-3-6;3-2(4,5)1(6)7/h4-6,10H,1-3H2,(H,12,13);(H,6,7). The summed E-state index contributed by atoms with van der Waals surface area (Å²) in [4.78, 5) is 16.9. The number of anilines is 1. The number of hydrogen-bond acceptors (Lipinski definition) is 5. The Balaban J connectivity index is 0.000000246. The van der Waals surface area contributed by atoms with Crippen molar-refractivity contribution in [3.8, 4) is 0 Å². The maximum Gasteiger partial charge on any atom is 0.490 e. The average molecular weight is 313 g/mol. The van der Waals surface area contributed by atoms with Gasteiger partial charge >= 0.3 is 12.1 Å². The van der Waals surface area contributed by atoms with E-state index >= 15 is 0 Å². The second-order valence-corrected chi connectivity index (χ2v) is 4.25. The predicted octanol–water partition coefficient (Wildman–Crippen LogP) is 1.54. The van der Waals surface area contributed by atoms with E-state index in [-0.39, 0.29) is 0 Å². The SMILES string of the molecule is Clc1cnc(NC2CCNC2)cn1.O=C(O)C(F)(F)F. The number of aromatic nitrogens is 2. The molecule has 1 aromatic heterocycles. The van der Waals surface area contributed by atoms with Gasteiger partial charge in [-0.15, -0.1) is 0 Å². The smallest absolute Gasteiger partial charge is 0.475 e. The Hall–Kier alpha value is -1.61. The summed E-state index contributed by atoms with van der Waals surface area (Å²) in [5, 5.41) is 14.1. The molecule has 1 saturated heterocycles. The third-order valence-electron chi connectivity index (χ3n) is 2.28. The van der Waals surface area contributed by atoms with Crippen LogP contribution in [-0.2, 0) is 4.79 Å². The topological polar surface area (TPSA) is 87.1 Å². The van der Waals surface area contributed by atoms with Gasteiger partial charge in [-0.05, 0) is 13.0 Å². The van der Waals surface area contributed by atoms with E-state index in [1.807, 2.05) is 0 Å². The summed E-state index contributed by atoms with van der Waals surface area (Å²) in [5.41, 5.74) is 0. The lowest BCUT2D eigenvalue weighted by Gasteiger charge is -2.10. The highest BCUT2D eigenvalue weighted by Gasteiger charge is 2.38. The van der Waals surface area contributed by atoms with Gasteiger partial charge in [-0.25, -0.2) is 14.8 Å². The van der Waals surface area contributed by atoms with Gasteiger partial charge in [0.05, 0.1) is 12.4 Å². The Morgan fingerprint density at radius 1 is 1.45 bits per heavy atom. The van der Waals surface area contributed by atoms with Gasteiger partial charge in [0.2, 0.25) is 0 Å². The maximum absolute atomic E-state index is 10.6. The van der Waals surface area contributed by atoms with E-state index in [0.717, 1.165) is 25.3 Å². The summed E-state index contributed by atoms with van der Waals surface area (Å²) in [7, 11) is 0. The number of carboxylic acids is 1. The van der Waals surface area contributed by atoms with Crippen LogP contribution in [0.5, 0.6) is 0 Å². The lowest BCUT2D eigenvalue weighted by molar-refractivity contribution is -0.192. The molecule has 2 heterocycles. The fourth-order valence-corrected chi connectivity index (χ4v) is 1.47. The second kappa shape index (κ2) is 7.25. The number of nitrogens with one attached hydrogen (secondary N) is 2. The summed E-state index contributed by atoms with van der Waals surface area (Å²) in [6.45, 7) is 2.06. The van der Waals surface area contributed by atoms with Crippen LogP contribution in [0.15, 0.2) is 12.4 Å². The van der Waals surface area contributed by atoms with Gasteiger partial charge in [-0.3, -0.25) is 0 Å². The zero-order chi connectivity index (χ0) is 15.2. The van der Waals surface area contributed by atoms with E-state index < -0.39 is 12.1 Å². The van der Waals surface area contributed by atoms with Gasteiger partial charge in [0.15, 0.2) is 0 Å². The molecule has 0 aromatic carbocycles. The molecular weight excluding hydrogens is 301 g/mol. The van der Waals surface area contributed by atoms with Crippen molar-refractivity contribution in [2.45, 2.75) is 18.6 Å². The van der Waals surface area contributed by atoms with E-state index in [0.29, 0.717) is 11.2 Å². The fraction of sp³-hybridized carbons (Fsp3) is 0.500. The first-order valence-corrected chi connectivity index (χ1v) is 5.91. The number of nitrogens with zero attached hydrogens (tertiary/aromatic N) is 2. The number of carbonyl (C=O) groups is 1. The quantitative estimate of drug-likeness (QED) is 0.768. The first-order valence-electron chi connectivity index (χ1n) is 5.54. The molecule has 1 aromatic rings. The molecule has 0 amide bonds. The van der Waals surface area contributed by atoms with E-state index in [2.05, 4.69) is 20.6 Å². The molecule has 10 heteroatoms. The lowest BCUT2D eigenvalue weighted by atomic mass is 10.3.